The van der Waals surface area contributed by atoms with Crippen LogP contribution in [0.4, 0.5) is 0 Å². The number of nitrogens with one attached hydrogen (secondary N) is 1. The van der Waals surface area contributed by atoms with Gasteiger partial charge in [0.25, 0.3) is 0 Å². The standard InChI is InChI=1S/C10H8N4OS/c1-13-10(15)14-8(12-13)6-4-2-3-5-7(6)11-9(14)16/h2-5,12H,1H3. The van der Waals surface area contributed by atoms with Gasteiger partial charge in [-0.15, -0.1) is 0 Å². The molecular weight excluding hydrogens is 224 g/mol. The Morgan fingerprint density at radius 3 is 2.94 bits per heavy atom. The van der Waals surface area contributed by atoms with Crippen LogP contribution in [0, 0.1) is 4.77 Å². The second-order valence-corrected chi connectivity index (χ2v) is 3.91. The molecule has 0 saturated heterocycles. The monoisotopic (exact) mass is 232 g/mol. The zero-order valence-electron chi connectivity index (χ0n) is 8.47. The number of H-pyrrole nitrogens is 1. The second kappa shape index (κ2) is 3.02. The van der Waals surface area contributed by atoms with Crippen LogP contribution in [-0.2, 0) is 7.05 Å². The lowest BCUT2D eigenvalue weighted by atomic mass is 10.2. The summed E-state index contributed by atoms with van der Waals surface area (Å²) in [5, 5.41) is 3.85. The van der Waals surface area contributed by atoms with Crippen molar-refractivity contribution in [3.8, 4) is 0 Å². The summed E-state index contributed by atoms with van der Waals surface area (Å²) < 4.78 is 3.06. The number of aryl methyl sites for hydroxylation is 1. The van der Waals surface area contributed by atoms with Crippen molar-refractivity contribution >= 4 is 28.8 Å². The highest BCUT2D eigenvalue weighted by atomic mass is 32.1. The Balaban J connectivity index is 2.76. The third-order valence-corrected chi connectivity index (χ3v) is 2.82. The van der Waals surface area contributed by atoms with Crippen molar-refractivity contribution in [1.82, 2.24) is 19.2 Å². The average Bonchev–Trinajstić information content (AvgIpc) is 2.57. The van der Waals surface area contributed by atoms with E-state index in [0.717, 1.165) is 10.9 Å². The van der Waals surface area contributed by atoms with Crippen LogP contribution in [-0.4, -0.2) is 19.2 Å². The van der Waals surface area contributed by atoms with E-state index >= 15 is 0 Å². The van der Waals surface area contributed by atoms with Crippen molar-refractivity contribution in [2.24, 2.45) is 7.05 Å². The summed E-state index contributed by atoms with van der Waals surface area (Å²) in [6.45, 7) is 0. The van der Waals surface area contributed by atoms with Gasteiger partial charge in [-0.2, -0.15) is 0 Å². The molecule has 0 aliphatic heterocycles. The largest absolute Gasteiger partial charge is 0.350 e. The molecule has 0 amide bonds. The number of nitrogens with zero attached hydrogens (tertiary/aromatic N) is 3. The molecule has 0 fully saturated rings. The number of hydrogen-bond acceptors (Lipinski definition) is 3. The molecule has 0 spiro atoms. The molecule has 0 unspecified atom stereocenters. The topological polar surface area (TPSA) is 55.1 Å². The lowest BCUT2D eigenvalue weighted by Crippen LogP contribution is -2.18. The molecule has 16 heavy (non-hydrogen) atoms. The molecule has 0 radical (unpaired) electrons. The van der Waals surface area contributed by atoms with Gasteiger partial charge in [-0.3, -0.25) is 5.10 Å². The first kappa shape index (κ1) is 9.29. The van der Waals surface area contributed by atoms with E-state index in [4.69, 9.17) is 12.2 Å². The lowest BCUT2D eigenvalue weighted by Gasteiger charge is -1.97. The van der Waals surface area contributed by atoms with Crippen LogP contribution in [0.15, 0.2) is 29.1 Å². The van der Waals surface area contributed by atoms with E-state index in [1.54, 1.807) is 7.05 Å². The number of para-hydroxylation sites is 1. The fraction of sp³-hybridized carbons (Fsp3) is 0.100. The van der Waals surface area contributed by atoms with Crippen molar-refractivity contribution in [3.05, 3.63) is 39.5 Å². The van der Waals surface area contributed by atoms with Crippen molar-refractivity contribution in [1.29, 1.82) is 0 Å². The molecule has 2 heterocycles. The van der Waals surface area contributed by atoms with Gasteiger partial charge in [-0.05, 0) is 24.4 Å². The van der Waals surface area contributed by atoms with Gasteiger partial charge in [-0.25, -0.2) is 18.9 Å². The Bertz CT molecular complexity index is 811. The highest BCUT2D eigenvalue weighted by Gasteiger charge is 2.08. The SMILES string of the molecule is Cn1[nH]c2c3ccccc3nc(=S)n2c1=O. The maximum Gasteiger partial charge on any atom is 0.350 e. The molecule has 0 saturated carbocycles. The Morgan fingerprint density at radius 1 is 1.38 bits per heavy atom. The molecule has 5 nitrogen and oxygen atoms in total. The van der Waals surface area contributed by atoms with Gasteiger partial charge >= 0.3 is 5.69 Å². The summed E-state index contributed by atoms with van der Waals surface area (Å²) in [5.41, 5.74) is 1.26. The number of rotatable bonds is 0. The van der Waals surface area contributed by atoms with E-state index in [1.807, 2.05) is 24.3 Å². The Morgan fingerprint density at radius 2 is 2.12 bits per heavy atom. The van der Waals surface area contributed by atoms with E-state index in [9.17, 15) is 4.79 Å². The van der Waals surface area contributed by atoms with Crippen LogP contribution in [0.2, 0.25) is 0 Å². The van der Waals surface area contributed by atoms with E-state index in [1.165, 1.54) is 9.08 Å². The third-order valence-electron chi connectivity index (χ3n) is 2.54. The second-order valence-electron chi connectivity index (χ2n) is 3.55. The van der Waals surface area contributed by atoms with Crippen LogP contribution in [0.5, 0.6) is 0 Å². The zero-order valence-corrected chi connectivity index (χ0v) is 9.28. The van der Waals surface area contributed by atoms with Crippen molar-refractivity contribution < 1.29 is 0 Å². The molecule has 3 aromatic rings. The molecule has 1 aromatic carbocycles. The Hall–Kier alpha value is -1.95. The van der Waals surface area contributed by atoms with Gasteiger partial charge in [0.05, 0.1) is 5.52 Å². The first-order valence-electron chi connectivity index (χ1n) is 4.75. The van der Waals surface area contributed by atoms with Gasteiger partial charge in [0.15, 0.2) is 0 Å². The molecule has 0 atom stereocenters. The number of benzene rings is 1. The highest BCUT2D eigenvalue weighted by Crippen LogP contribution is 2.14. The molecule has 0 aliphatic rings. The van der Waals surface area contributed by atoms with Crippen molar-refractivity contribution in [2.45, 2.75) is 0 Å². The fourth-order valence-electron chi connectivity index (χ4n) is 1.78. The highest BCUT2D eigenvalue weighted by molar-refractivity contribution is 7.71. The van der Waals surface area contributed by atoms with E-state index in [2.05, 4.69) is 10.1 Å². The Labute approximate surface area is 95.0 Å². The molecule has 80 valence electrons. The molecule has 1 N–H and O–H groups in total. The number of fused-ring (bicyclic) bond motifs is 3. The van der Waals surface area contributed by atoms with Gasteiger partial charge in [-0.1, -0.05) is 12.1 Å². The maximum atomic E-state index is 11.8. The molecule has 6 heteroatoms. The van der Waals surface area contributed by atoms with E-state index in [0.29, 0.717) is 5.65 Å². The van der Waals surface area contributed by atoms with E-state index in [-0.39, 0.29) is 10.5 Å². The summed E-state index contributed by atoms with van der Waals surface area (Å²) in [4.78, 5) is 16.0. The van der Waals surface area contributed by atoms with Gasteiger partial charge in [0, 0.05) is 12.4 Å². The summed E-state index contributed by atoms with van der Waals surface area (Å²) in [6.07, 6.45) is 0. The van der Waals surface area contributed by atoms with Crippen LogP contribution in [0.25, 0.3) is 16.6 Å². The number of hydrogen-bond donors (Lipinski definition) is 1. The van der Waals surface area contributed by atoms with Gasteiger partial charge in [0.1, 0.15) is 5.65 Å². The average molecular weight is 232 g/mol. The quantitative estimate of drug-likeness (QED) is 0.593. The number of aromatic nitrogens is 4. The molecule has 0 bridgehead atoms. The molecule has 2 aromatic heterocycles. The first-order chi connectivity index (χ1) is 7.68. The molecule has 0 aliphatic carbocycles. The first-order valence-corrected chi connectivity index (χ1v) is 5.16. The summed E-state index contributed by atoms with van der Waals surface area (Å²) in [7, 11) is 1.65. The molecule has 3 rings (SSSR count). The smallest absolute Gasteiger partial charge is 0.278 e. The fourth-order valence-corrected chi connectivity index (χ4v) is 2.05. The maximum absolute atomic E-state index is 11.8. The minimum atomic E-state index is -0.210. The normalized spacial score (nSPS) is 11.3. The number of aromatic amines is 1. The Kier molecular flexibility index (Phi) is 1.75. The van der Waals surface area contributed by atoms with Crippen LogP contribution in [0.1, 0.15) is 0 Å². The van der Waals surface area contributed by atoms with Crippen LogP contribution < -0.4 is 5.69 Å². The lowest BCUT2D eigenvalue weighted by molar-refractivity contribution is 0.730. The van der Waals surface area contributed by atoms with Gasteiger partial charge < -0.3 is 0 Å². The molecular formula is C10H8N4OS. The van der Waals surface area contributed by atoms with Crippen molar-refractivity contribution in [2.75, 3.05) is 0 Å². The van der Waals surface area contributed by atoms with Crippen molar-refractivity contribution in [3.63, 3.8) is 0 Å². The summed E-state index contributed by atoms with van der Waals surface area (Å²) >= 11 is 5.10. The minimum absolute atomic E-state index is 0.210. The predicted molar refractivity (Wildman–Crippen MR) is 63.1 cm³/mol. The third kappa shape index (κ3) is 1.07. The minimum Gasteiger partial charge on any atom is -0.278 e. The zero-order chi connectivity index (χ0) is 11.3. The summed E-state index contributed by atoms with van der Waals surface area (Å²) in [6, 6.07) is 7.57. The van der Waals surface area contributed by atoms with Crippen LogP contribution >= 0.6 is 12.2 Å². The van der Waals surface area contributed by atoms with Crippen LogP contribution in [0.3, 0.4) is 0 Å². The predicted octanol–water partition coefficient (Wildman–Crippen LogP) is 1.24. The van der Waals surface area contributed by atoms with E-state index < -0.39 is 0 Å². The van der Waals surface area contributed by atoms with Gasteiger partial charge in [0.2, 0.25) is 4.77 Å². The summed E-state index contributed by atoms with van der Waals surface area (Å²) in [5.74, 6) is 0.